The number of nitrogens with one attached hydrogen (secondary N) is 2. The molecule has 100 valence electrons. The van der Waals surface area contributed by atoms with Gasteiger partial charge >= 0.3 is 0 Å². The highest BCUT2D eigenvalue weighted by Crippen LogP contribution is 2.25. The summed E-state index contributed by atoms with van der Waals surface area (Å²) in [7, 11) is -3.52. The van der Waals surface area contributed by atoms with Crippen LogP contribution in [-0.2, 0) is 10.0 Å². The maximum Gasteiger partial charge on any atom is 0.242 e. The quantitative estimate of drug-likeness (QED) is 0.590. The average Bonchev–Trinajstić information content (AvgIpc) is 2.96. The number of sulfonamides is 1. The summed E-state index contributed by atoms with van der Waals surface area (Å²) in [6.07, 6.45) is 6.96. The highest BCUT2D eigenvalue weighted by molar-refractivity contribution is 7.89. The molecule has 0 spiro atoms. The van der Waals surface area contributed by atoms with Gasteiger partial charge in [0, 0.05) is 28.8 Å². The molecule has 0 saturated carbocycles. The predicted octanol–water partition coefficient (Wildman–Crippen LogP) is 1.75. The molecule has 1 aromatic carbocycles. The number of benzene rings is 1. The van der Waals surface area contributed by atoms with E-state index >= 15 is 0 Å². The van der Waals surface area contributed by atoms with Crippen LogP contribution >= 0.6 is 0 Å². The first-order valence-electron chi connectivity index (χ1n) is 6.10. The maximum absolute atomic E-state index is 12.4. The van der Waals surface area contributed by atoms with Crippen molar-refractivity contribution in [2.45, 2.75) is 23.8 Å². The van der Waals surface area contributed by atoms with E-state index in [0.29, 0.717) is 11.1 Å². The fourth-order valence-corrected chi connectivity index (χ4v) is 3.76. The van der Waals surface area contributed by atoms with Crippen LogP contribution in [0, 0.1) is 0 Å². The van der Waals surface area contributed by atoms with Crippen LogP contribution in [0.1, 0.15) is 12.8 Å². The minimum atomic E-state index is -3.52. The van der Waals surface area contributed by atoms with E-state index < -0.39 is 10.0 Å². The van der Waals surface area contributed by atoms with Gasteiger partial charge < -0.3 is 10.7 Å². The van der Waals surface area contributed by atoms with Crippen molar-refractivity contribution in [3.05, 3.63) is 36.5 Å². The Balaban J connectivity index is 2.00. The van der Waals surface area contributed by atoms with Crippen LogP contribution < -0.4 is 10.5 Å². The van der Waals surface area contributed by atoms with E-state index in [-0.39, 0.29) is 10.9 Å². The van der Waals surface area contributed by atoms with Crippen LogP contribution in [0.15, 0.2) is 41.4 Å². The summed E-state index contributed by atoms with van der Waals surface area (Å²) >= 11 is 0. The lowest BCUT2D eigenvalue weighted by atomic mass is 10.2. The van der Waals surface area contributed by atoms with Gasteiger partial charge in [-0.15, -0.1) is 0 Å². The Kier molecular flexibility index (Phi) is 2.83. The zero-order valence-electron chi connectivity index (χ0n) is 10.3. The summed E-state index contributed by atoms with van der Waals surface area (Å²) < 4.78 is 27.5. The number of hydrogen-bond acceptors (Lipinski definition) is 3. The zero-order chi connectivity index (χ0) is 13.5. The summed E-state index contributed by atoms with van der Waals surface area (Å²) in [6, 6.07) is 5.15. The van der Waals surface area contributed by atoms with Gasteiger partial charge in [0.25, 0.3) is 0 Å². The second-order valence-electron chi connectivity index (χ2n) is 4.72. The highest BCUT2D eigenvalue weighted by Gasteiger charge is 2.23. The molecule has 0 amide bonds. The lowest BCUT2D eigenvalue weighted by molar-refractivity contribution is 0.558. The highest BCUT2D eigenvalue weighted by atomic mass is 32.2. The van der Waals surface area contributed by atoms with Gasteiger partial charge in [-0.2, -0.15) is 0 Å². The van der Waals surface area contributed by atoms with Crippen molar-refractivity contribution in [3.63, 3.8) is 0 Å². The van der Waals surface area contributed by atoms with Gasteiger partial charge in [0.2, 0.25) is 10.0 Å². The van der Waals surface area contributed by atoms with Crippen LogP contribution in [0.2, 0.25) is 0 Å². The standard InChI is InChI=1S/C13H15N3O2S/c14-9-5-6-12-11(7-9)13(8-15-12)19(17,18)16-10-3-1-2-4-10/h1-2,5-8,10,15-16H,3-4,14H2. The van der Waals surface area contributed by atoms with Gasteiger partial charge in [-0.05, 0) is 31.0 Å². The van der Waals surface area contributed by atoms with Gasteiger partial charge in [0.15, 0.2) is 0 Å². The molecule has 3 rings (SSSR count). The molecule has 19 heavy (non-hydrogen) atoms. The molecular weight excluding hydrogens is 262 g/mol. The maximum atomic E-state index is 12.4. The van der Waals surface area contributed by atoms with Crippen LogP contribution in [0.3, 0.4) is 0 Å². The molecule has 6 heteroatoms. The predicted molar refractivity (Wildman–Crippen MR) is 75.2 cm³/mol. The topological polar surface area (TPSA) is 88.0 Å². The molecular formula is C13H15N3O2S. The molecule has 1 heterocycles. The van der Waals surface area contributed by atoms with Gasteiger partial charge in [-0.3, -0.25) is 0 Å². The fourth-order valence-electron chi connectivity index (χ4n) is 2.33. The summed E-state index contributed by atoms with van der Waals surface area (Å²) in [6.45, 7) is 0. The second-order valence-corrected chi connectivity index (χ2v) is 6.40. The lowest BCUT2D eigenvalue weighted by Crippen LogP contribution is -2.32. The molecule has 4 N–H and O–H groups in total. The summed E-state index contributed by atoms with van der Waals surface area (Å²) in [4.78, 5) is 3.21. The van der Waals surface area contributed by atoms with Crippen molar-refractivity contribution in [2.75, 3.05) is 5.73 Å². The third-order valence-electron chi connectivity index (χ3n) is 3.29. The number of nitrogen functional groups attached to an aromatic ring is 1. The molecule has 5 nitrogen and oxygen atoms in total. The van der Waals surface area contributed by atoms with Gasteiger partial charge in [-0.1, -0.05) is 12.2 Å². The van der Waals surface area contributed by atoms with Crippen LogP contribution in [0.25, 0.3) is 10.9 Å². The molecule has 0 unspecified atom stereocenters. The molecule has 0 radical (unpaired) electrons. The van der Waals surface area contributed by atoms with E-state index in [1.54, 1.807) is 18.2 Å². The van der Waals surface area contributed by atoms with Crippen molar-refractivity contribution >= 4 is 26.6 Å². The Morgan fingerprint density at radius 1 is 1.26 bits per heavy atom. The van der Waals surface area contributed by atoms with Gasteiger partial charge in [-0.25, -0.2) is 13.1 Å². The summed E-state index contributed by atoms with van der Waals surface area (Å²) in [5.74, 6) is 0. The van der Waals surface area contributed by atoms with E-state index in [2.05, 4.69) is 9.71 Å². The number of fused-ring (bicyclic) bond motifs is 1. The number of aromatic nitrogens is 1. The Morgan fingerprint density at radius 3 is 2.74 bits per heavy atom. The first-order valence-corrected chi connectivity index (χ1v) is 7.58. The number of hydrogen-bond donors (Lipinski definition) is 3. The zero-order valence-corrected chi connectivity index (χ0v) is 11.1. The molecule has 0 aliphatic heterocycles. The van der Waals surface area contributed by atoms with E-state index in [9.17, 15) is 8.42 Å². The van der Waals surface area contributed by atoms with E-state index in [1.807, 2.05) is 12.2 Å². The Hall–Kier alpha value is -1.79. The summed E-state index contributed by atoms with van der Waals surface area (Å²) in [5, 5.41) is 0.624. The van der Waals surface area contributed by atoms with Crippen molar-refractivity contribution < 1.29 is 8.42 Å². The molecule has 1 aliphatic carbocycles. The molecule has 0 saturated heterocycles. The summed E-state index contributed by atoms with van der Waals surface area (Å²) in [5.41, 5.74) is 7.03. The molecule has 0 bridgehead atoms. The lowest BCUT2D eigenvalue weighted by Gasteiger charge is -2.11. The number of aromatic amines is 1. The first-order chi connectivity index (χ1) is 9.06. The van der Waals surface area contributed by atoms with Crippen molar-refractivity contribution in [1.82, 2.24) is 9.71 Å². The van der Waals surface area contributed by atoms with Crippen molar-refractivity contribution in [2.24, 2.45) is 0 Å². The van der Waals surface area contributed by atoms with Gasteiger partial charge in [0.1, 0.15) is 4.90 Å². The molecule has 1 aromatic heterocycles. The molecule has 2 aromatic rings. The third-order valence-corrected chi connectivity index (χ3v) is 4.85. The van der Waals surface area contributed by atoms with Crippen molar-refractivity contribution in [3.8, 4) is 0 Å². The Morgan fingerprint density at radius 2 is 2.00 bits per heavy atom. The number of nitrogens with two attached hydrogens (primary N) is 1. The van der Waals surface area contributed by atoms with Crippen LogP contribution in [-0.4, -0.2) is 19.4 Å². The van der Waals surface area contributed by atoms with E-state index in [1.165, 1.54) is 6.20 Å². The third kappa shape index (κ3) is 2.24. The number of rotatable bonds is 3. The SMILES string of the molecule is Nc1ccc2[nH]cc(S(=O)(=O)NC3CC=CC3)c2c1. The molecule has 0 atom stereocenters. The first kappa shape index (κ1) is 12.3. The van der Waals surface area contributed by atoms with Crippen LogP contribution in [0.5, 0.6) is 0 Å². The number of anilines is 1. The largest absolute Gasteiger partial charge is 0.399 e. The van der Waals surface area contributed by atoms with Gasteiger partial charge in [0.05, 0.1) is 0 Å². The monoisotopic (exact) mass is 277 g/mol. The van der Waals surface area contributed by atoms with Crippen LogP contribution in [0.4, 0.5) is 5.69 Å². The second kappa shape index (κ2) is 4.40. The normalized spacial score (nSPS) is 16.4. The molecule has 0 fully saturated rings. The Bertz CT molecular complexity index is 738. The number of H-pyrrole nitrogens is 1. The van der Waals surface area contributed by atoms with Crippen molar-refractivity contribution in [1.29, 1.82) is 0 Å². The minimum Gasteiger partial charge on any atom is -0.399 e. The smallest absolute Gasteiger partial charge is 0.242 e. The van der Waals surface area contributed by atoms with E-state index in [0.717, 1.165) is 18.4 Å². The minimum absolute atomic E-state index is 0.0454. The Labute approximate surface area is 111 Å². The average molecular weight is 277 g/mol. The van der Waals surface area contributed by atoms with E-state index in [4.69, 9.17) is 5.73 Å². The molecule has 1 aliphatic rings. The fraction of sp³-hybridized carbons (Fsp3) is 0.231.